The summed E-state index contributed by atoms with van der Waals surface area (Å²) in [6.07, 6.45) is 0.758. The third-order valence-corrected chi connectivity index (χ3v) is 4.07. The Bertz CT molecular complexity index is 504. The van der Waals surface area contributed by atoms with E-state index in [4.69, 9.17) is 0 Å². The first kappa shape index (κ1) is 19.6. The summed E-state index contributed by atoms with van der Waals surface area (Å²) >= 11 is 4.18. The molecule has 0 saturated heterocycles. The van der Waals surface area contributed by atoms with Gasteiger partial charge in [0.05, 0.1) is 0 Å². The van der Waals surface area contributed by atoms with Gasteiger partial charge in [-0.1, -0.05) is 51.1 Å². The molecule has 1 amide bonds. The Morgan fingerprint density at radius 2 is 1.78 bits per heavy atom. The van der Waals surface area contributed by atoms with Gasteiger partial charge in [0.2, 0.25) is 5.91 Å². The minimum atomic E-state index is -0.943. The summed E-state index contributed by atoms with van der Waals surface area (Å²) in [6.45, 7) is 6.27. The summed E-state index contributed by atoms with van der Waals surface area (Å²) in [5.41, 5.74) is 1.09. The van der Waals surface area contributed by atoms with Crippen molar-refractivity contribution in [1.29, 1.82) is 0 Å². The molecule has 0 aliphatic carbocycles. The van der Waals surface area contributed by atoms with Crippen molar-refractivity contribution < 1.29 is 14.7 Å². The number of aliphatic carboxylic acids is 1. The van der Waals surface area contributed by atoms with Crippen molar-refractivity contribution in [3.63, 3.8) is 0 Å². The normalized spacial score (nSPS) is 13.6. The highest BCUT2D eigenvalue weighted by Crippen LogP contribution is 2.22. The van der Waals surface area contributed by atoms with Gasteiger partial charge in [-0.05, 0) is 23.8 Å². The van der Waals surface area contributed by atoms with Crippen LogP contribution in [0.4, 0.5) is 0 Å². The highest BCUT2D eigenvalue weighted by molar-refractivity contribution is 7.80. The van der Waals surface area contributed by atoms with Crippen LogP contribution in [0.1, 0.15) is 45.1 Å². The maximum atomic E-state index is 12.7. The predicted molar refractivity (Wildman–Crippen MR) is 95.9 cm³/mol. The number of hydrogen-bond acceptors (Lipinski definition) is 3. The van der Waals surface area contributed by atoms with Crippen molar-refractivity contribution in [2.45, 2.75) is 45.6 Å². The fourth-order valence-corrected chi connectivity index (χ4v) is 2.86. The number of carbonyl (C=O) groups excluding carboxylic acids is 1. The van der Waals surface area contributed by atoms with Gasteiger partial charge in [-0.15, -0.1) is 0 Å². The van der Waals surface area contributed by atoms with Crippen molar-refractivity contribution in [3.05, 3.63) is 35.9 Å². The number of thiol groups is 1. The molecule has 0 aromatic heterocycles. The van der Waals surface area contributed by atoms with Crippen molar-refractivity contribution in [2.24, 2.45) is 5.92 Å². The molecule has 1 unspecified atom stereocenters. The summed E-state index contributed by atoms with van der Waals surface area (Å²) in [5, 5.41) is 9.50. The van der Waals surface area contributed by atoms with Crippen LogP contribution in [-0.2, 0) is 9.59 Å². The van der Waals surface area contributed by atoms with E-state index in [0.29, 0.717) is 25.1 Å². The monoisotopic (exact) mass is 337 g/mol. The number of nitrogens with zero attached hydrogens (tertiary/aromatic N) is 1. The average Bonchev–Trinajstić information content (AvgIpc) is 2.51. The summed E-state index contributed by atoms with van der Waals surface area (Å²) in [7, 11) is 0. The molecule has 0 spiro atoms. The van der Waals surface area contributed by atoms with E-state index < -0.39 is 12.0 Å². The van der Waals surface area contributed by atoms with E-state index in [2.05, 4.69) is 12.6 Å². The van der Waals surface area contributed by atoms with Gasteiger partial charge < -0.3 is 10.0 Å². The lowest BCUT2D eigenvalue weighted by Crippen LogP contribution is -2.47. The Balaban J connectivity index is 2.86. The Morgan fingerprint density at radius 3 is 2.26 bits per heavy atom. The zero-order chi connectivity index (χ0) is 17.4. The second-order valence-corrected chi connectivity index (χ2v) is 6.76. The first-order valence-corrected chi connectivity index (χ1v) is 8.68. The number of benzene rings is 1. The maximum Gasteiger partial charge on any atom is 0.326 e. The van der Waals surface area contributed by atoms with Gasteiger partial charge in [0.1, 0.15) is 6.04 Å². The molecule has 0 heterocycles. The minimum Gasteiger partial charge on any atom is -0.480 e. The topological polar surface area (TPSA) is 57.6 Å². The molecule has 2 atom stereocenters. The largest absolute Gasteiger partial charge is 0.480 e. The third kappa shape index (κ3) is 6.26. The number of carbonyl (C=O) groups is 2. The summed E-state index contributed by atoms with van der Waals surface area (Å²) < 4.78 is 0. The zero-order valence-electron chi connectivity index (χ0n) is 14.1. The average molecular weight is 337 g/mol. The Hall–Kier alpha value is -1.49. The molecule has 0 aliphatic rings. The van der Waals surface area contributed by atoms with Gasteiger partial charge in [-0.25, -0.2) is 4.79 Å². The van der Waals surface area contributed by atoms with Crippen LogP contribution in [0.2, 0.25) is 0 Å². The third-order valence-electron chi connectivity index (χ3n) is 3.87. The fraction of sp³-hybridized carbons (Fsp3) is 0.556. The van der Waals surface area contributed by atoms with Gasteiger partial charge in [0.15, 0.2) is 0 Å². The number of carboxylic acids is 1. The Labute approximate surface area is 144 Å². The fourth-order valence-electron chi connectivity index (χ4n) is 2.65. The number of carboxylic acid groups (broad SMARTS) is 1. The molecule has 0 bridgehead atoms. The van der Waals surface area contributed by atoms with E-state index >= 15 is 0 Å². The molecule has 128 valence electrons. The first-order chi connectivity index (χ1) is 10.9. The Morgan fingerprint density at radius 1 is 1.17 bits per heavy atom. The van der Waals surface area contributed by atoms with Crippen LogP contribution in [0.5, 0.6) is 0 Å². The Kier molecular flexibility index (Phi) is 8.17. The van der Waals surface area contributed by atoms with Crippen molar-refractivity contribution in [1.82, 2.24) is 4.90 Å². The lowest BCUT2D eigenvalue weighted by atomic mass is 9.96. The molecule has 5 heteroatoms. The predicted octanol–water partition coefficient (Wildman–Crippen LogP) is 3.44. The maximum absolute atomic E-state index is 12.7. The molecule has 1 aromatic carbocycles. The number of amides is 1. The van der Waals surface area contributed by atoms with E-state index in [-0.39, 0.29) is 17.7 Å². The van der Waals surface area contributed by atoms with E-state index in [1.54, 1.807) is 0 Å². The van der Waals surface area contributed by atoms with Crippen LogP contribution in [0, 0.1) is 5.92 Å². The molecule has 1 aromatic rings. The second kappa shape index (κ2) is 9.60. The quantitative estimate of drug-likeness (QED) is 0.679. The lowest BCUT2D eigenvalue weighted by Gasteiger charge is -2.30. The zero-order valence-corrected chi connectivity index (χ0v) is 15.0. The van der Waals surface area contributed by atoms with Crippen molar-refractivity contribution >= 4 is 24.5 Å². The molecule has 1 N–H and O–H groups in total. The number of hydrogen-bond donors (Lipinski definition) is 2. The van der Waals surface area contributed by atoms with E-state index in [1.165, 1.54) is 4.90 Å². The smallest absolute Gasteiger partial charge is 0.326 e. The van der Waals surface area contributed by atoms with E-state index in [1.807, 2.05) is 51.1 Å². The van der Waals surface area contributed by atoms with Crippen molar-refractivity contribution in [3.8, 4) is 0 Å². The first-order valence-electron chi connectivity index (χ1n) is 8.04. The van der Waals surface area contributed by atoms with Crippen molar-refractivity contribution in [2.75, 3.05) is 12.3 Å². The van der Waals surface area contributed by atoms with Crippen LogP contribution in [0.15, 0.2) is 30.3 Å². The van der Waals surface area contributed by atoms with Gasteiger partial charge in [-0.3, -0.25) is 4.79 Å². The molecule has 0 radical (unpaired) electrons. The van der Waals surface area contributed by atoms with Gasteiger partial charge in [0.25, 0.3) is 0 Å². The number of rotatable bonds is 9. The molecule has 4 nitrogen and oxygen atoms in total. The van der Waals surface area contributed by atoms with Gasteiger partial charge in [-0.2, -0.15) is 12.6 Å². The molecule has 0 fully saturated rings. The minimum absolute atomic E-state index is 0.0552. The summed E-state index contributed by atoms with van der Waals surface area (Å²) in [6, 6.07) is 9.03. The molecular formula is C18H27NO3S. The van der Waals surface area contributed by atoms with Crippen LogP contribution < -0.4 is 0 Å². The van der Waals surface area contributed by atoms with E-state index in [9.17, 15) is 14.7 Å². The lowest BCUT2D eigenvalue weighted by molar-refractivity contribution is -0.150. The standard InChI is InChI=1S/C18H27NO3S/c1-13(2)11-16(18(21)22)19(9-10-23)17(20)12-14(3)15-7-5-4-6-8-15/h4-8,13-14,16,23H,9-12H2,1-3H3,(H,21,22)/t14-,16?/m1/s1. The van der Waals surface area contributed by atoms with Gasteiger partial charge >= 0.3 is 5.97 Å². The van der Waals surface area contributed by atoms with E-state index in [0.717, 1.165) is 5.56 Å². The molecule has 1 rings (SSSR count). The molecular weight excluding hydrogens is 310 g/mol. The summed E-state index contributed by atoms with van der Waals surface area (Å²) in [4.78, 5) is 25.7. The molecule has 23 heavy (non-hydrogen) atoms. The molecule has 0 saturated carbocycles. The highest BCUT2D eigenvalue weighted by atomic mass is 32.1. The molecule has 0 aliphatic heterocycles. The summed E-state index contributed by atoms with van der Waals surface area (Å²) in [5.74, 6) is -0.352. The SMILES string of the molecule is CC(C)CC(C(=O)O)N(CCS)C(=O)C[C@@H](C)c1ccccc1. The van der Waals surface area contributed by atoms with Gasteiger partial charge in [0, 0.05) is 18.7 Å². The second-order valence-electron chi connectivity index (χ2n) is 6.31. The van der Waals surface area contributed by atoms with Crippen LogP contribution in [0.3, 0.4) is 0 Å². The van der Waals surface area contributed by atoms with Crippen LogP contribution >= 0.6 is 12.6 Å². The van der Waals surface area contributed by atoms with Crippen LogP contribution in [-0.4, -0.2) is 40.2 Å². The van der Waals surface area contributed by atoms with Crippen LogP contribution in [0.25, 0.3) is 0 Å². The highest BCUT2D eigenvalue weighted by Gasteiger charge is 2.30.